The van der Waals surface area contributed by atoms with Crippen molar-refractivity contribution in [1.82, 2.24) is 10.2 Å². The molecule has 0 aliphatic heterocycles. The number of hydrogen-bond donors (Lipinski definition) is 1. The number of esters is 1. The van der Waals surface area contributed by atoms with Gasteiger partial charge in [-0.1, -0.05) is 0 Å². The van der Waals surface area contributed by atoms with Gasteiger partial charge in [0.05, 0.1) is 6.54 Å². The summed E-state index contributed by atoms with van der Waals surface area (Å²) in [7, 11) is 4.07. The van der Waals surface area contributed by atoms with Crippen LogP contribution in [0.4, 0.5) is 0 Å². The highest BCUT2D eigenvalue weighted by Gasteiger charge is 2.15. The van der Waals surface area contributed by atoms with Crippen molar-refractivity contribution in [3.63, 3.8) is 0 Å². The fourth-order valence-corrected chi connectivity index (χ4v) is 1.09. The molecule has 15 heavy (non-hydrogen) atoms. The van der Waals surface area contributed by atoms with Gasteiger partial charge in [-0.25, -0.2) is 0 Å². The maximum Gasteiger partial charge on any atom is 0.320 e. The lowest BCUT2D eigenvalue weighted by Crippen LogP contribution is -2.32. The summed E-state index contributed by atoms with van der Waals surface area (Å²) in [5.74, 6) is -0.188. The smallest absolute Gasteiger partial charge is 0.320 e. The van der Waals surface area contributed by atoms with Crippen LogP contribution < -0.4 is 5.32 Å². The predicted octanol–water partition coefficient (Wildman–Crippen LogP) is 0.869. The molecule has 0 rings (SSSR count). The maximum absolute atomic E-state index is 11.3. The van der Waals surface area contributed by atoms with E-state index in [4.69, 9.17) is 4.74 Å². The molecule has 0 aromatic heterocycles. The molecule has 90 valence electrons. The van der Waals surface area contributed by atoms with Crippen LogP contribution in [0, 0.1) is 0 Å². The lowest BCUT2D eigenvalue weighted by molar-refractivity contribution is -0.153. The van der Waals surface area contributed by atoms with Crippen molar-refractivity contribution < 1.29 is 9.53 Å². The van der Waals surface area contributed by atoms with Crippen LogP contribution in [0.2, 0.25) is 0 Å². The van der Waals surface area contributed by atoms with Crippen LogP contribution in [-0.2, 0) is 9.53 Å². The molecule has 0 spiro atoms. The minimum atomic E-state index is -0.387. The zero-order valence-corrected chi connectivity index (χ0v) is 10.6. The minimum Gasteiger partial charge on any atom is -0.459 e. The highest BCUT2D eigenvalue weighted by molar-refractivity contribution is 5.72. The maximum atomic E-state index is 11.3. The molecule has 0 fully saturated rings. The molecule has 0 radical (unpaired) electrons. The van der Waals surface area contributed by atoms with E-state index in [9.17, 15) is 4.79 Å². The van der Waals surface area contributed by atoms with E-state index in [2.05, 4.69) is 10.2 Å². The molecule has 0 atom stereocenters. The fourth-order valence-electron chi connectivity index (χ4n) is 1.09. The molecule has 0 amide bonds. The van der Waals surface area contributed by atoms with Crippen LogP contribution >= 0.6 is 0 Å². The summed E-state index contributed by atoms with van der Waals surface area (Å²) in [5.41, 5.74) is -0.387. The lowest BCUT2D eigenvalue weighted by atomic mass is 10.2. The zero-order chi connectivity index (χ0) is 11.9. The summed E-state index contributed by atoms with van der Waals surface area (Å²) in [6.07, 6.45) is 1.04. The van der Waals surface area contributed by atoms with Crippen LogP contribution in [0.1, 0.15) is 27.2 Å². The highest BCUT2D eigenvalue weighted by atomic mass is 16.6. The Kier molecular flexibility index (Phi) is 6.52. The first-order chi connectivity index (χ1) is 6.81. The van der Waals surface area contributed by atoms with E-state index in [0.29, 0.717) is 6.54 Å². The third-order valence-electron chi connectivity index (χ3n) is 1.65. The summed E-state index contributed by atoms with van der Waals surface area (Å²) < 4.78 is 5.15. The van der Waals surface area contributed by atoms with Gasteiger partial charge in [-0.15, -0.1) is 0 Å². The molecule has 1 N–H and O–H groups in total. The second-order valence-corrected chi connectivity index (χ2v) is 4.92. The van der Waals surface area contributed by atoms with Crippen molar-refractivity contribution in [3.05, 3.63) is 0 Å². The summed E-state index contributed by atoms with van der Waals surface area (Å²) in [6, 6.07) is 0. The minimum absolute atomic E-state index is 0.188. The number of carbonyl (C=O) groups is 1. The number of carbonyl (C=O) groups excluding carboxylic acids is 1. The third-order valence-corrected chi connectivity index (χ3v) is 1.65. The number of rotatable bonds is 6. The van der Waals surface area contributed by atoms with Crippen molar-refractivity contribution in [3.8, 4) is 0 Å². The normalized spacial score (nSPS) is 11.9. The number of nitrogens with zero attached hydrogens (tertiary/aromatic N) is 1. The molecule has 0 aromatic carbocycles. The Morgan fingerprint density at radius 1 is 1.33 bits per heavy atom. The Bertz CT molecular complexity index is 186. The van der Waals surface area contributed by atoms with Crippen molar-refractivity contribution in [2.75, 3.05) is 33.7 Å². The highest BCUT2D eigenvalue weighted by Crippen LogP contribution is 2.05. The largest absolute Gasteiger partial charge is 0.459 e. The van der Waals surface area contributed by atoms with Gasteiger partial charge in [-0.05, 0) is 54.4 Å². The Morgan fingerprint density at radius 3 is 2.40 bits per heavy atom. The SMILES string of the molecule is CN(C)CCCNCC(=O)OC(C)(C)C. The molecule has 0 heterocycles. The van der Waals surface area contributed by atoms with Crippen molar-refractivity contribution in [2.45, 2.75) is 32.8 Å². The first-order valence-corrected chi connectivity index (χ1v) is 5.38. The van der Waals surface area contributed by atoms with Crippen LogP contribution in [0.3, 0.4) is 0 Å². The van der Waals surface area contributed by atoms with Crippen molar-refractivity contribution in [1.29, 1.82) is 0 Å². The van der Waals surface area contributed by atoms with Gasteiger partial charge >= 0.3 is 5.97 Å². The molecule has 0 saturated heterocycles. The molecule has 0 bridgehead atoms. The molecular weight excluding hydrogens is 192 g/mol. The molecule has 0 aromatic rings. The zero-order valence-electron chi connectivity index (χ0n) is 10.6. The molecule has 4 nitrogen and oxygen atoms in total. The summed E-state index contributed by atoms with van der Waals surface area (Å²) in [4.78, 5) is 13.4. The molecule has 0 saturated carbocycles. The van der Waals surface area contributed by atoms with Crippen LogP contribution in [0.15, 0.2) is 0 Å². The number of nitrogens with one attached hydrogen (secondary N) is 1. The molecule has 0 aliphatic rings. The van der Waals surface area contributed by atoms with Crippen LogP contribution in [-0.4, -0.2) is 50.2 Å². The van der Waals surface area contributed by atoms with E-state index < -0.39 is 0 Å². The van der Waals surface area contributed by atoms with Gasteiger partial charge in [0.2, 0.25) is 0 Å². The molecule has 4 heteroatoms. The predicted molar refractivity (Wildman–Crippen MR) is 61.9 cm³/mol. The van der Waals surface area contributed by atoms with E-state index in [1.807, 2.05) is 34.9 Å². The van der Waals surface area contributed by atoms with Gasteiger partial charge in [0.15, 0.2) is 0 Å². The summed E-state index contributed by atoms with van der Waals surface area (Å²) in [6.45, 7) is 7.79. The monoisotopic (exact) mass is 216 g/mol. The van der Waals surface area contributed by atoms with Crippen LogP contribution in [0.5, 0.6) is 0 Å². The summed E-state index contributed by atoms with van der Waals surface area (Å²) >= 11 is 0. The van der Waals surface area contributed by atoms with E-state index in [1.165, 1.54) is 0 Å². The van der Waals surface area contributed by atoms with Gasteiger partial charge in [-0.3, -0.25) is 4.79 Å². The second kappa shape index (κ2) is 6.80. The Morgan fingerprint density at radius 2 is 1.93 bits per heavy atom. The quantitative estimate of drug-likeness (QED) is 0.528. The Hall–Kier alpha value is -0.610. The third kappa shape index (κ3) is 11.3. The van der Waals surface area contributed by atoms with E-state index in [0.717, 1.165) is 19.5 Å². The fraction of sp³-hybridized carbons (Fsp3) is 0.909. The molecule has 0 aliphatic carbocycles. The van der Waals surface area contributed by atoms with Gasteiger partial charge < -0.3 is 15.0 Å². The molecular formula is C11H24N2O2. The van der Waals surface area contributed by atoms with Gasteiger partial charge in [-0.2, -0.15) is 0 Å². The Labute approximate surface area is 93.0 Å². The number of hydrogen-bond acceptors (Lipinski definition) is 4. The number of ether oxygens (including phenoxy) is 1. The van der Waals surface area contributed by atoms with E-state index >= 15 is 0 Å². The van der Waals surface area contributed by atoms with Gasteiger partial charge in [0.1, 0.15) is 5.60 Å². The van der Waals surface area contributed by atoms with Crippen molar-refractivity contribution >= 4 is 5.97 Å². The van der Waals surface area contributed by atoms with Gasteiger partial charge in [0.25, 0.3) is 0 Å². The summed E-state index contributed by atoms with van der Waals surface area (Å²) in [5, 5.41) is 3.06. The molecule has 0 unspecified atom stereocenters. The Balaban J connectivity index is 3.40. The van der Waals surface area contributed by atoms with Gasteiger partial charge in [0, 0.05) is 0 Å². The average molecular weight is 216 g/mol. The van der Waals surface area contributed by atoms with Crippen LogP contribution in [0.25, 0.3) is 0 Å². The van der Waals surface area contributed by atoms with Crippen molar-refractivity contribution in [2.24, 2.45) is 0 Å². The lowest BCUT2D eigenvalue weighted by Gasteiger charge is -2.19. The average Bonchev–Trinajstić information content (AvgIpc) is 1.99. The first-order valence-electron chi connectivity index (χ1n) is 5.38. The topological polar surface area (TPSA) is 41.6 Å². The van der Waals surface area contributed by atoms with E-state index in [1.54, 1.807) is 0 Å². The second-order valence-electron chi connectivity index (χ2n) is 4.92. The standard InChI is InChI=1S/C11H24N2O2/c1-11(2,3)15-10(14)9-12-7-6-8-13(4)5/h12H,6-9H2,1-5H3. The first kappa shape index (κ1) is 14.4. The van der Waals surface area contributed by atoms with E-state index in [-0.39, 0.29) is 11.6 Å².